The largest absolute Gasteiger partial charge is 0.339 e. The molecule has 0 bridgehead atoms. The molecule has 0 unspecified atom stereocenters. The van der Waals surface area contributed by atoms with Crippen molar-refractivity contribution in [1.82, 2.24) is 24.6 Å². The average molecular weight is 421 g/mol. The van der Waals surface area contributed by atoms with Gasteiger partial charge in [0.15, 0.2) is 0 Å². The quantitative estimate of drug-likeness (QED) is 0.641. The van der Waals surface area contributed by atoms with Gasteiger partial charge in [0, 0.05) is 31.5 Å². The Bertz CT molecular complexity index is 1060. The van der Waals surface area contributed by atoms with Crippen LogP contribution in [0.4, 0.5) is 5.69 Å². The van der Waals surface area contributed by atoms with E-state index in [1.54, 1.807) is 25.6 Å². The van der Waals surface area contributed by atoms with Crippen LogP contribution < -0.4 is 10.6 Å². The van der Waals surface area contributed by atoms with Crippen LogP contribution in [0.5, 0.6) is 0 Å². The maximum atomic E-state index is 13.1. The molecule has 2 heterocycles. The number of benzene rings is 1. The van der Waals surface area contributed by atoms with Gasteiger partial charge in [-0.15, -0.1) is 0 Å². The highest BCUT2D eigenvalue weighted by atomic mass is 16.2. The number of aromatic nitrogens is 4. The number of carbonyl (C=O) groups excluding carboxylic acids is 2. The summed E-state index contributed by atoms with van der Waals surface area (Å²) in [7, 11) is 3.67. The molecule has 1 aliphatic rings. The van der Waals surface area contributed by atoms with Crippen LogP contribution in [0, 0.1) is 12.8 Å². The minimum atomic E-state index is -0.580. The van der Waals surface area contributed by atoms with Gasteiger partial charge in [-0.2, -0.15) is 5.10 Å². The molecule has 0 aliphatic heterocycles. The highest BCUT2D eigenvalue weighted by Crippen LogP contribution is 2.29. The smallest absolute Gasteiger partial charge is 0.270 e. The number of aryl methyl sites for hydroxylation is 3. The number of nitrogens with zero attached hydrogens (tertiary/aromatic N) is 4. The third kappa shape index (κ3) is 4.38. The van der Waals surface area contributed by atoms with E-state index >= 15 is 0 Å². The minimum Gasteiger partial charge on any atom is -0.339 e. The highest BCUT2D eigenvalue weighted by Gasteiger charge is 2.32. The Morgan fingerprint density at radius 3 is 2.39 bits per heavy atom. The van der Waals surface area contributed by atoms with Gasteiger partial charge in [-0.1, -0.05) is 25.0 Å². The first kappa shape index (κ1) is 20.8. The molecule has 2 amide bonds. The SMILES string of the molecule is Cc1ncn(C)c1-c1ccc(NC(=O)[C@@H](NC(=O)c2ccnn2C)C2CCCC2)cc1. The molecule has 3 aromatic rings. The second kappa shape index (κ2) is 8.75. The maximum absolute atomic E-state index is 13.1. The summed E-state index contributed by atoms with van der Waals surface area (Å²) in [5.74, 6) is -0.338. The summed E-state index contributed by atoms with van der Waals surface area (Å²) in [4.78, 5) is 30.2. The Kier molecular flexibility index (Phi) is 5.88. The molecule has 0 radical (unpaired) electrons. The molecule has 162 valence electrons. The van der Waals surface area contributed by atoms with Crippen LogP contribution in [0.1, 0.15) is 41.9 Å². The van der Waals surface area contributed by atoms with Crippen molar-refractivity contribution in [2.75, 3.05) is 5.32 Å². The number of nitrogens with one attached hydrogen (secondary N) is 2. The summed E-state index contributed by atoms with van der Waals surface area (Å²) in [6.45, 7) is 1.97. The molecule has 2 N–H and O–H groups in total. The van der Waals surface area contributed by atoms with Crippen LogP contribution in [-0.2, 0) is 18.9 Å². The molecule has 1 atom stereocenters. The maximum Gasteiger partial charge on any atom is 0.270 e. The summed E-state index contributed by atoms with van der Waals surface area (Å²) in [5.41, 5.74) is 4.18. The molecule has 0 saturated heterocycles. The lowest BCUT2D eigenvalue weighted by Crippen LogP contribution is -2.48. The standard InChI is InChI=1S/C23H28N6O2/c1-15-21(28(2)14-24-15)17-8-10-18(11-9-17)26-23(31)20(16-6-4-5-7-16)27-22(30)19-12-13-25-29(19)3/h8-14,16,20H,4-7H2,1-3H3,(H,26,31)(H,27,30)/t20-/m0/s1. The van der Waals surface area contributed by atoms with Crippen molar-refractivity contribution in [2.45, 2.75) is 38.6 Å². The van der Waals surface area contributed by atoms with E-state index < -0.39 is 6.04 Å². The van der Waals surface area contributed by atoms with E-state index in [4.69, 9.17) is 0 Å². The molecule has 8 heteroatoms. The second-order valence-corrected chi connectivity index (χ2v) is 8.19. The molecule has 8 nitrogen and oxygen atoms in total. The number of imidazole rings is 1. The number of hydrogen-bond acceptors (Lipinski definition) is 4. The van der Waals surface area contributed by atoms with E-state index in [0.29, 0.717) is 11.4 Å². The fourth-order valence-corrected chi connectivity index (χ4v) is 4.39. The summed E-state index contributed by atoms with van der Waals surface area (Å²) >= 11 is 0. The monoisotopic (exact) mass is 420 g/mol. The molecule has 1 saturated carbocycles. The molecular weight excluding hydrogens is 392 g/mol. The summed E-state index contributed by atoms with van der Waals surface area (Å²) < 4.78 is 3.49. The number of anilines is 1. The zero-order valence-corrected chi connectivity index (χ0v) is 18.1. The molecular formula is C23H28N6O2. The van der Waals surface area contributed by atoms with Gasteiger partial charge >= 0.3 is 0 Å². The third-order valence-corrected chi connectivity index (χ3v) is 6.04. The van der Waals surface area contributed by atoms with Crippen molar-refractivity contribution >= 4 is 17.5 Å². The Labute approximate surface area is 181 Å². The first-order valence-electron chi connectivity index (χ1n) is 10.6. The average Bonchev–Trinajstić information content (AvgIpc) is 3.49. The predicted molar refractivity (Wildman–Crippen MR) is 118 cm³/mol. The van der Waals surface area contributed by atoms with Gasteiger partial charge < -0.3 is 15.2 Å². The minimum absolute atomic E-state index is 0.133. The molecule has 31 heavy (non-hydrogen) atoms. The molecule has 4 rings (SSSR count). The lowest BCUT2D eigenvalue weighted by molar-refractivity contribution is -0.119. The van der Waals surface area contributed by atoms with Crippen molar-refractivity contribution in [3.8, 4) is 11.3 Å². The van der Waals surface area contributed by atoms with Gasteiger partial charge in [-0.05, 0) is 43.9 Å². The predicted octanol–water partition coefficient (Wildman–Crippen LogP) is 3.06. The van der Waals surface area contributed by atoms with E-state index in [-0.39, 0.29) is 17.7 Å². The number of hydrogen-bond donors (Lipinski definition) is 2. The first-order chi connectivity index (χ1) is 14.9. The Morgan fingerprint density at radius 2 is 1.81 bits per heavy atom. The molecule has 1 fully saturated rings. The van der Waals surface area contributed by atoms with E-state index in [1.807, 2.05) is 42.8 Å². The summed E-state index contributed by atoms with van der Waals surface area (Å²) in [6, 6.07) is 8.78. The fourth-order valence-electron chi connectivity index (χ4n) is 4.39. The molecule has 1 aliphatic carbocycles. The van der Waals surface area contributed by atoms with Crippen molar-refractivity contribution < 1.29 is 9.59 Å². The number of amides is 2. The van der Waals surface area contributed by atoms with E-state index in [2.05, 4.69) is 20.7 Å². The van der Waals surface area contributed by atoms with E-state index in [9.17, 15) is 9.59 Å². The molecule has 0 spiro atoms. The van der Waals surface area contributed by atoms with Gasteiger partial charge in [0.1, 0.15) is 11.7 Å². The second-order valence-electron chi connectivity index (χ2n) is 8.19. The number of carbonyl (C=O) groups is 2. The lowest BCUT2D eigenvalue weighted by atomic mass is 9.97. The molecule has 1 aromatic carbocycles. The van der Waals surface area contributed by atoms with Gasteiger partial charge in [-0.3, -0.25) is 14.3 Å². The fraction of sp³-hybridized carbons (Fsp3) is 0.391. The van der Waals surface area contributed by atoms with Crippen molar-refractivity contribution in [2.24, 2.45) is 20.0 Å². The zero-order chi connectivity index (χ0) is 22.0. The Balaban J connectivity index is 1.49. The zero-order valence-electron chi connectivity index (χ0n) is 18.1. The normalized spacial score (nSPS) is 15.1. The number of rotatable bonds is 6. The van der Waals surface area contributed by atoms with Crippen LogP contribution in [0.15, 0.2) is 42.9 Å². The Morgan fingerprint density at radius 1 is 1.10 bits per heavy atom. The van der Waals surface area contributed by atoms with E-state index in [0.717, 1.165) is 42.6 Å². The first-order valence-corrected chi connectivity index (χ1v) is 10.6. The van der Waals surface area contributed by atoms with Crippen molar-refractivity contribution in [3.63, 3.8) is 0 Å². The lowest BCUT2D eigenvalue weighted by Gasteiger charge is -2.24. The summed E-state index contributed by atoms with van der Waals surface area (Å²) in [5, 5.41) is 9.98. The molecule has 2 aromatic heterocycles. The highest BCUT2D eigenvalue weighted by molar-refractivity contribution is 6.00. The van der Waals surface area contributed by atoms with Crippen LogP contribution in [-0.4, -0.2) is 37.2 Å². The van der Waals surface area contributed by atoms with E-state index in [1.165, 1.54) is 4.68 Å². The van der Waals surface area contributed by atoms with Crippen LogP contribution in [0.2, 0.25) is 0 Å². The van der Waals surface area contributed by atoms with Crippen molar-refractivity contribution in [3.05, 3.63) is 54.2 Å². The van der Waals surface area contributed by atoms with Gasteiger partial charge in [0.05, 0.1) is 17.7 Å². The van der Waals surface area contributed by atoms with Gasteiger partial charge in [0.25, 0.3) is 5.91 Å². The summed E-state index contributed by atoms with van der Waals surface area (Å²) in [6.07, 6.45) is 7.39. The van der Waals surface area contributed by atoms with Crippen LogP contribution in [0.3, 0.4) is 0 Å². The van der Waals surface area contributed by atoms with Gasteiger partial charge in [0.2, 0.25) is 5.91 Å². The van der Waals surface area contributed by atoms with Gasteiger partial charge in [-0.25, -0.2) is 4.98 Å². The topological polar surface area (TPSA) is 93.8 Å². The van der Waals surface area contributed by atoms with Crippen LogP contribution >= 0.6 is 0 Å². The van der Waals surface area contributed by atoms with Crippen LogP contribution in [0.25, 0.3) is 11.3 Å². The van der Waals surface area contributed by atoms with Crippen molar-refractivity contribution in [1.29, 1.82) is 0 Å². The third-order valence-electron chi connectivity index (χ3n) is 6.04. The Hall–Kier alpha value is -3.42.